The van der Waals surface area contributed by atoms with Gasteiger partial charge in [0, 0.05) is 79.2 Å². The molecule has 2 atom stereocenters. The molecule has 5 rings (SSSR count). The van der Waals surface area contributed by atoms with Crippen molar-refractivity contribution in [2.45, 2.75) is 88.4 Å². The van der Waals surface area contributed by atoms with Crippen molar-refractivity contribution in [1.82, 2.24) is 29.2 Å². The van der Waals surface area contributed by atoms with Gasteiger partial charge in [0.2, 0.25) is 15.9 Å². The highest BCUT2D eigenvalue weighted by molar-refractivity contribution is 7.99. The standard InChI is InChI=1S/C33H49F3N6O5S2/c1-22-6-11-39(12-7-22)16-17-48-30-18-24(4-5-28(30)33(34,35)36)31-27-21-41(49(3,46)47)15-10-29(27)42(38-31)20-26(44)19-40-13-8-25(9-14-40)37-32(45)23(2)43/h4-5,18,22-23,25-26,43-44H,6-17,19-21H2,1-3H3,(H,37,45)/t23-,26-/m0/s1. The maximum absolute atomic E-state index is 14.1. The first kappa shape index (κ1) is 38.0. The molecular formula is C33H49F3N6O5S2. The van der Waals surface area contributed by atoms with Crippen LogP contribution >= 0.6 is 11.8 Å². The van der Waals surface area contributed by atoms with Crippen LogP contribution in [0.25, 0.3) is 11.3 Å². The highest BCUT2D eigenvalue weighted by atomic mass is 32.2. The summed E-state index contributed by atoms with van der Waals surface area (Å²) in [6.45, 7) is 8.30. The van der Waals surface area contributed by atoms with Gasteiger partial charge < -0.3 is 25.3 Å². The van der Waals surface area contributed by atoms with Gasteiger partial charge in [-0.15, -0.1) is 11.8 Å². The van der Waals surface area contributed by atoms with E-state index < -0.39 is 39.9 Å². The number of amides is 1. The number of carbonyl (C=O) groups is 1. The van der Waals surface area contributed by atoms with Gasteiger partial charge in [0.1, 0.15) is 6.10 Å². The third-order valence-corrected chi connectivity index (χ3v) is 12.1. The van der Waals surface area contributed by atoms with Gasteiger partial charge >= 0.3 is 6.18 Å². The zero-order chi connectivity index (χ0) is 35.5. The molecule has 2 saturated heterocycles. The number of aliphatic hydroxyl groups is 2. The molecule has 1 aromatic heterocycles. The summed E-state index contributed by atoms with van der Waals surface area (Å²) < 4.78 is 70.5. The predicted octanol–water partition coefficient (Wildman–Crippen LogP) is 3.03. The second-order valence-corrected chi connectivity index (χ2v) is 16.9. The normalized spacial score (nSPS) is 20.7. The Balaban J connectivity index is 1.34. The molecule has 11 nitrogen and oxygen atoms in total. The summed E-state index contributed by atoms with van der Waals surface area (Å²) in [6, 6.07) is 3.97. The number of rotatable bonds is 12. The number of piperidine rings is 2. The summed E-state index contributed by atoms with van der Waals surface area (Å²) in [5.74, 6) is 0.766. The topological polar surface area (TPSA) is 131 Å². The Morgan fingerprint density at radius 3 is 2.37 bits per heavy atom. The second kappa shape index (κ2) is 16.0. The number of alkyl halides is 3. The third-order valence-electron chi connectivity index (χ3n) is 9.84. The number of halogens is 3. The minimum Gasteiger partial charge on any atom is -0.390 e. The van der Waals surface area contributed by atoms with Crippen molar-refractivity contribution in [2.75, 3.05) is 57.8 Å². The SMILES string of the molecule is CC1CCN(CCSc2cc(-c3nn(C[C@@H](O)CN4CCC(NC(=O)[C@H](C)O)CC4)c4c3CN(S(C)(=O)=O)CC4)ccc2C(F)(F)F)CC1. The summed E-state index contributed by atoms with van der Waals surface area (Å²) in [7, 11) is -3.54. The smallest absolute Gasteiger partial charge is 0.390 e. The Morgan fingerprint density at radius 2 is 1.73 bits per heavy atom. The summed E-state index contributed by atoms with van der Waals surface area (Å²) in [5, 5.41) is 28.3. The van der Waals surface area contributed by atoms with Gasteiger partial charge in [-0.1, -0.05) is 13.0 Å². The highest BCUT2D eigenvalue weighted by Crippen LogP contribution is 2.40. The van der Waals surface area contributed by atoms with Crippen molar-refractivity contribution in [3.05, 3.63) is 35.0 Å². The predicted molar refractivity (Wildman–Crippen MR) is 182 cm³/mol. The van der Waals surface area contributed by atoms with Crippen LogP contribution in [-0.2, 0) is 40.5 Å². The van der Waals surface area contributed by atoms with Gasteiger partial charge in [0.05, 0.1) is 30.2 Å². The zero-order valence-corrected chi connectivity index (χ0v) is 30.1. The molecule has 1 aromatic carbocycles. The number of hydrogen-bond acceptors (Lipinski definition) is 9. The fourth-order valence-corrected chi connectivity index (χ4v) is 8.77. The molecule has 2 fully saturated rings. The number of thioether (sulfide) groups is 1. The van der Waals surface area contributed by atoms with E-state index in [0.29, 0.717) is 73.9 Å². The monoisotopic (exact) mass is 730 g/mol. The molecule has 0 saturated carbocycles. The Labute approximate surface area is 291 Å². The lowest BCUT2D eigenvalue weighted by Crippen LogP contribution is -2.48. The number of β-amino-alcohol motifs (C(OH)–C–C–N with tert-alkyl or cyclic N) is 1. The van der Waals surface area contributed by atoms with E-state index in [0.717, 1.165) is 43.9 Å². The summed E-state index contributed by atoms with van der Waals surface area (Å²) in [6.07, 6.45) is -1.39. The van der Waals surface area contributed by atoms with Crippen LogP contribution in [0.1, 0.15) is 56.4 Å². The molecule has 0 bridgehead atoms. The van der Waals surface area contributed by atoms with Crippen LogP contribution in [0.4, 0.5) is 13.2 Å². The maximum Gasteiger partial charge on any atom is 0.417 e. The van der Waals surface area contributed by atoms with Crippen molar-refractivity contribution in [2.24, 2.45) is 5.92 Å². The molecule has 0 spiro atoms. The van der Waals surface area contributed by atoms with Crippen molar-refractivity contribution >= 4 is 27.7 Å². The van der Waals surface area contributed by atoms with E-state index >= 15 is 0 Å². The Morgan fingerprint density at radius 1 is 1.06 bits per heavy atom. The molecule has 16 heteroatoms. The summed E-state index contributed by atoms with van der Waals surface area (Å²) >= 11 is 1.18. The molecule has 49 heavy (non-hydrogen) atoms. The minimum absolute atomic E-state index is 0.0438. The largest absolute Gasteiger partial charge is 0.417 e. The highest BCUT2D eigenvalue weighted by Gasteiger charge is 2.35. The van der Waals surface area contributed by atoms with Gasteiger partial charge in [0.15, 0.2) is 0 Å². The lowest BCUT2D eigenvalue weighted by molar-refractivity contribution is -0.139. The lowest BCUT2D eigenvalue weighted by Gasteiger charge is -2.33. The van der Waals surface area contributed by atoms with Crippen molar-refractivity contribution < 1.29 is 36.6 Å². The van der Waals surface area contributed by atoms with Crippen LogP contribution in [0.15, 0.2) is 23.1 Å². The Hall–Kier alpha value is -2.21. The molecule has 3 aliphatic heterocycles. The van der Waals surface area contributed by atoms with E-state index in [1.807, 2.05) is 0 Å². The van der Waals surface area contributed by atoms with Crippen LogP contribution in [0, 0.1) is 5.92 Å². The van der Waals surface area contributed by atoms with Gasteiger partial charge in [-0.25, -0.2) is 8.42 Å². The van der Waals surface area contributed by atoms with Crippen LogP contribution in [0.5, 0.6) is 0 Å². The number of nitrogens with zero attached hydrogens (tertiary/aromatic N) is 5. The van der Waals surface area contributed by atoms with Crippen LogP contribution in [0.3, 0.4) is 0 Å². The molecular weight excluding hydrogens is 682 g/mol. The molecule has 3 N–H and O–H groups in total. The number of hydrogen-bond donors (Lipinski definition) is 3. The molecule has 1 amide bonds. The fourth-order valence-electron chi connectivity index (χ4n) is 6.86. The van der Waals surface area contributed by atoms with Gasteiger partial charge in [-0.3, -0.25) is 9.48 Å². The number of carbonyl (C=O) groups excluding carboxylic acids is 1. The summed E-state index contributed by atoms with van der Waals surface area (Å²) in [5.41, 5.74) is 1.59. The molecule has 3 aliphatic rings. The molecule has 0 unspecified atom stereocenters. The number of aromatic nitrogens is 2. The van der Waals surface area contributed by atoms with E-state index in [-0.39, 0.29) is 30.6 Å². The average Bonchev–Trinajstić information content (AvgIpc) is 3.39. The summed E-state index contributed by atoms with van der Waals surface area (Å²) in [4.78, 5) is 16.4. The first-order valence-corrected chi connectivity index (χ1v) is 19.9. The van der Waals surface area contributed by atoms with Gasteiger partial charge in [-0.05, 0) is 63.7 Å². The van der Waals surface area contributed by atoms with E-state index in [1.165, 1.54) is 35.1 Å². The van der Waals surface area contributed by atoms with E-state index in [4.69, 9.17) is 5.10 Å². The van der Waals surface area contributed by atoms with Crippen molar-refractivity contribution in [1.29, 1.82) is 0 Å². The lowest BCUT2D eigenvalue weighted by atomic mass is 9.99. The van der Waals surface area contributed by atoms with Gasteiger partial charge in [0.25, 0.3) is 0 Å². The number of nitrogens with one attached hydrogen (secondary N) is 1. The number of benzene rings is 1. The molecule has 4 heterocycles. The Kier molecular flexibility index (Phi) is 12.4. The maximum atomic E-state index is 14.1. The van der Waals surface area contributed by atoms with Crippen LogP contribution in [-0.4, -0.2) is 124 Å². The Bertz CT molecular complexity index is 1550. The van der Waals surface area contributed by atoms with Crippen LogP contribution in [0.2, 0.25) is 0 Å². The van der Waals surface area contributed by atoms with Gasteiger partial charge in [-0.2, -0.15) is 22.6 Å². The van der Waals surface area contributed by atoms with Crippen molar-refractivity contribution in [3.8, 4) is 11.3 Å². The molecule has 274 valence electrons. The van der Waals surface area contributed by atoms with Crippen LogP contribution < -0.4 is 5.32 Å². The molecule has 0 aliphatic carbocycles. The average molecular weight is 731 g/mol. The minimum atomic E-state index is -4.53. The number of aliphatic hydroxyl groups excluding tert-OH is 2. The number of sulfonamides is 1. The van der Waals surface area contributed by atoms with E-state index in [1.54, 1.807) is 4.68 Å². The first-order chi connectivity index (χ1) is 23.1. The number of fused-ring (bicyclic) bond motifs is 1. The van der Waals surface area contributed by atoms with Crippen molar-refractivity contribution in [3.63, 3.8) is 0 Å². The number of likely N-dealkylation sites (tertiary alicyclic amines) is 2. The quantitative estimate of drug-likeness (QED) is 0.282. The van der Waals surface area contributed by atoms with E-state index in [2.05, 4.69) is 22.0 Å². The molecule has 0 radical (unpaired) electrons. The third kappa shape index (κ3) is 9.98. The van der Waals surface area contributed by atoms with E-state index in [9.17, 15) is 36.6 Å². The molecule has 2 aromatic rings. The second-order valence-electron chi connectivity index (χ2n) is 13.8. The zero-order valence-electron chi connectivity index (χ0n) is 28.5. The first-order valence-electron chi connectivity index (χ1n) is 17.1. The fraction of sp³-hybridized carbons (Fsp3) is 0.697.